The Balaban J connectivity index is 2.06. The minimum Gasteiger partial charge on any atom is -0.379 e. The zero-order valence-corrected chi connectivity index (χ0v) is 11.8. The van der Waals surface area contributed by atoms with E-state index in [1.54, 1.807) is 7.05 Å². The van der Waals surface area contributed by atoms with E-state index in [9.17, 15) is 0 Å². The molecular weight excluding hydrogens is 246 g/mol. The second-order valence-corrected chi connectivity index (χ2v) is 5.37. The summed E-state index contributed by atoms with van der Waals surface area (Å²) >= 11 is 0. The molecular formula is C11H23N7O. The minimum absolute atomic E-state index is 0.0507. The summed E-state index contributed by atoms with van der Waals surface area (Å²) < 4.78 is 5.40. The van der Waals surface area contributed by atoms with Crippen LogP contribution in [0.15, 0.2) is 0 Å². The predicted octanol–water partition coefficient (Wildman–Crippen LogP) is -1.30. The molecule has 2 heterocycles. The first-order chi connectivity index (χ1) is 9.04. The monoisotopic (exact) mass is 269 g/mol. The van der Waals surface area contributed by atoms with Gasteiger partial charge in [0.15, 0.2) is 5.82 Å². The third-order valence-electron chi connectivity index (χ3n) is 3.82. The highest BCUT2D eigenvalue weighted by molar-refractivity contribution is 4.98. The molecule has 1 saturated heterocycles. The standard InChI is InChI=1S/C11H23N7O/c1-11(2,18-4-6-19-7-5-18)9(13-12)8-10-14-16-17(3)15-10/h9,13H,4-8,12H2,1-3H3. The molecule has 1 aromatic heterocycles. The van der Waals surface area contributed by atoms with Gasteiger partial charge in [-0.1, -0.05) is 0 Å². The molecule has 2 rings (SSSR count). The average Bonchev–Trinajstić information content (AvgIpc) is 2.82. The van der Waals surface area contributed by atoms with E-state index in [0.717, 1.165) is 26.3 Å². The molecule has 0 saturated carbocycles. The number of nitrogens with zero attached hydrogens (tertiary/aromatic N) is 5. The Morgan fingerprint density at radius 2 is 2.11 bits per heavy atom. The molecule has 3 N–H and O–H groups in total. The van der Waals surface area contributed by atoms with Gasteiger partial charge in [-0.15, -0.1) is 10.2 Å². The highest BCUT2D eigenvalue weighted by Crippen LogP contribution is 2.22. The number of nitrogens with two attached hydrogens (primary N) is 1. The molecule has 1 unspecified atom stereocenters. The molecule has 1 aliphatic heterocycles. The van der Waals surface area contributed by atoms with E-state index < -0.39 is 0 Å². The number of hydrogen-bond acceptors (Lipinski definition) is 7. The maximum Gasteiger partial charge on any atom is 0.176 e. The van der Waals surface area contributed by atoms with E-state index in [0.29, 0.717) is 12.2 Å². The van der Waals surface area contributed by atoms with Crippen LogP contribution in [0.2, 0.25) is 0 Å². The first-order valence-electron chi connectivity index (χ1n) is 6.56. The summed E-state index contributed by atoms with van der Waals surface area (Å²) in [5.74, 6) is 6.43. The summed E-state index contributed by atoms with van der Waals surface area (Å²) in [6.45, 7) is 7.73. The van der Waals surface area contributed by atoms with Gasteiger partial charge in [0.05, 0.1) is 20.3 Å². The smallest absolute Gasteiger partial charge is 0.176 e. The van der Waals surface area contributed by atoms with Gasteiger partial charge in [-0.2, -0.15) is 4.80 Å². The van der Waals surface area contributed by atoms with Crippen LogP contribution in [0.4, 0.5) is 0 Å². The van der Waals surface area contributed by atoms with E-state index in [1.807, 2.05) is 0 Å². The van der Waals surface area contributed by atoms with Crippen LogP contribution in [0.1, 0.15) is 19.7 Å². The lowest BCUT2D eigenvalue weighted by atomic mass is 9.89. The summed E-state index contributed by atoms with van der Waals surface area (Å²) in [5.41, 5.74) is 2.80. The van der Waals surface area contributed by atoms with E-state index in [2.05, 4.69) is 39.6 Å². The number of tetrazole rings is 1. The van der Waals surface area contributed by atoms with Crippen molar-refractivity contribution >= 4 is 0 Å². The third-order valence-corrected chi connectivity index (χ3v) is 3.82. The number of nitrogens with one attached hydrogen (secondary N) is 1. The molecule has 1 fully saturated rings. The number of rotatable bonds is 5. The Kier molecular flexibility index (Phi) is 4.46. The topological polar surface area (TPSA) is 94.1 Å². The van der Waals surface area contributed by atoms with Crippen LogP contribution in [0, 0.1) is 0 Å². The van der Waals surface area contributed by atoms with Gasteiger partial charge in [0, 0.05) is 31.1 Å². The van der Waals surface area contributed by atoms with Crippen molar-refractivity contribution < 1.29 is 4.74 Å². The van der Waals surface area contributed by atoms with Crippen LogP contribution in [0.25, 0.3) is 0 Å². The fraction of sp³-hybridized carbons (Fsp3) is 0.909. The van der Waals surface area contributed by atoms with Gasteiger partial charge in [0.2, 0.25) is 0 Å². The Hall–Kier alpha value is -1.09. The van der Waals surface area contributed by atoms with E-state index in [1.165, 1.54) is 4.80 Å². The summed E-state index contributed by atoms with van der Waals surface area (Å²) in [5, 5.41) is 12.1. The predicted molar refractivity (Wildman–Crippen MR) is 70.1 cm³/mol. The van der Waals surface area contributed by atoms with Crippen molar-refractivity contribution in [1.82, 2.24) is 30.5 Å². The Morgan fingerprint density at radius 3 is 2.63 bits per heavy atom. The van der Waals surface area contributed by atoms with Gasteiger partial charge in [-0.05, 0) is 19.1 Å². The molecule has 0 amide bonds. The number of hydrogen-bond donors (Lipinski definition) is 2. The highest BCUT2D eigenvalue weighted by Gasteiger charge is 2.36. The quantitative estimate of drug-likeness (QED) is 0.506. The number of morpholine rings is 1. The van der Waals surface area contributed by atoms with Crippen LogP contribution >= 0.6 is 0 Å². The molecule has 1 aliphatic rings. The summed E-state index contributed by atoms with van der Waals surface area (Å²) in [4.78, 5) is 3.85. The lowest BCUT2D eigenvalue weighted by molar-refractivity contribution is -0.0235. The van der Waals surface area contributed by atoms with Crippen LogP contribution in [-0.2, 0) is 18.2 Å². The van der Waals surface area contributed by atoms with E-state index in [4.69, 9.17) is 10.6 Å². The average molecular weight is 269 g/mol. The first-order valence-corrected chi connectivity index (χ1v) is 6.56. The molecule has 1 aromatic rings. The number of hydrazine groups is 1. The second-order valence-electron chi connectivity index (χ2n) is 5.37. The van der Waals surface area contributed by atoms with Gasteiger partial charge >= 0.3 is 0 Å². The maximum atomic E-state index is 5.73. The van der Waals surface area contributed by atoms with Crippen molar-refractivity contribution in [1.29, 1.82) is 0 Å². The fourth-order valence-corrected chi connectivity index (χ4v) is 2.46. The summed E-state index contributed by atoms with van der Waals surface area (Å²) in [6, 6.07) is 0.0507. The first kappa shape index (κ1) is 14.3. The third kappa shape index (κ3) is 3.27. The molecule has 0 aliphatic carbocycles. The Bertz CT molecular complexity index is 400. The number of ether oxygens (including phenoxy) is 1. The lowest BCUT2D eigenvalue weighted by Crippen LogP contribution is -2.62. The van der Waals surface area contributed by atoms with Crippen molar-refractivity contribution in [3.8, 4) is 0 Å². The largest absolute Gasteiger partial charge is 0.379 e. The molecule has 0 aromatic carbocycles. The van der Waals surface area contributed by atoms with Crippen LogP contribution in [0.5, 0.6) is 0 Å². The number of aromatic nitrogens is 4. The van der Waals surface area contributed by atoms with Crippen LogP contribution in [0.3, 0.4) is 0 Å². The normalized spacial score (nSPS) is 19.6. The van der Waals surface area contributed by atoms with Crippen molar-refractivity contribution in [3.05, 3.63) is 5.82 Å². The molecule has 0 bridgehead atoms. The Morgan fingerprint density at radius 1 is 1.42 bits per heavy atom. The van der Waals surface area contributed by atoms with E-state index >= 15 is 0 Å². The van der Waals surface area contributed by atoms with Crippen molar-refractivity contribution in [2.45, 2.75) is 31.8 Å². The van der Waals surface area contributed by atoms with Gasteiger partial charge in [-0.25, -0.2) is 0 Å². The van der Waals surface area contributed by atoms with Crippen molar-refractivity contribution in [2.75, 3.05) is 26.3 Å². The van der Waals surface area contributed by atoms with E-state index in [-0.39, 0.29) is 11.6 Å². The zero-order chi connectivity index (χ0) is 13.9. The molecule has 1 atom stereocenters. The minimum atomic E-state index is -0.0995. The van der Waals surface area contributed by atoms with Crippen LogP contribution < -0.4 is 11.3 Å². The lowest BCUT2D eigenvalue weighted by Gasteiger charge is -2.45. The molecule has 8 heteroatoms. The molecule has 108 valence electrons. The van der Waals surface area contributed by atoms with Crippen molar-refractivity contribution in [2.24, 2.45) is 12.9 Å². The molecule has 0 spiro atoms. The zero-order valence-electron chi connectivity index (χ0n) is 11.8. The maximum absolute atomic E-state index is 5.73. The van der Waals surface area contributed by atoms with Gasteiger partial charge in [-0.3, -0.25) is 16.2 Å². The van der Waals surface area contributed by atoms with Gasteiger partial charge < -0.3 is 4.74 Å². The highest BCUT2D eigenvalue weighted by atomic mass is 16.5. The van der Waals surface area contributed by atoms with Crippen molar-refractivity contribution in [3.63, 3.8) is 0 Å². The second kappa shape index (κ2) is 5.91. The van der Waals surface area contributed by atoms with Gasteiger partial charge in [0.25, 0.3) is 0 Å². The molecule has 8 nitrogen and oxygen atoms in total. The fourth-order valence-electron chi connectivity index (χ4n) is 2.46. The summed E-state index contributed by atoms with van der Waals surface area (Å²) in [6.07, 6.45) is 0.648. The van der Waals surface area contributed by atoms with Crippen LogP contribution in [-0.4, -0.2) is 63.0 Å². The number of aryl methyl sites for hydroxylation is 1. The Labute approximate surface area is 113 Å². The van der Waals surface area contributed by atoms with Gasteiger partial charge in [0.1, 0.15) is 0 Å². The SMILES string of the molecule is Cn1nnc(CC(NN)C(C)(C)N2CCOCC2)n1. The molecule has 19 heavy (non-hydrogen) atoms. The summed E-state index contributed by atoms with van der Waals surface area (Å²) in [7, 11) is 1.76. The molecule has 0 radical (unpaired) electrons.